The number of aryl methyl sites for hydroxylation is 1. The number of rotatable bonds is 8. The number of carbonyl (C=O) groups is 2. The van der Waals surface area contributed by atoms with Crippen molar-refractivity contribution in [3.05, 3.63) is 58.6 Å². The molecule has 0 unspecified atom stereocenters. The number of amides is 2. The van der Waals surface area contributed by atoms with Crippen molar-refractivity contribution in [1.82, 2.24) is 24.9 Å². The van der Waals surface area contributed by atoms with Gasteiger partial charge < -0.3 is 15.1 Å². The Hall–Kier alpha value is -3.96. The summed E-state index contributed by atoms with van der Waals surface area (Å²) in [4.78, 5) is 35.8. The molecule has 3 aromatic heterocycles. The van der Waals surface area contributed by atoms with Crippen LogP contribution >= 0.6 is 0 Å². The average Bonchev–Trinajstić information content (AvgIpc) is 3.46. The van der Waals surface area contributed by atoms with Crippen molar-refractivity contribution in [2.24, 2.45) is 0 Å². The molecule has 0 spiro atoms. The molecule has 0 atom stereocenters. The molecule has 2 N–H and O–H groups in total. The summed E-state index contributed by atoms with van der Waals surface area (Å²) in [6, 6.07) is 3.43. The standard InChI is InChI=1S/C18H21N7O5/c1-4-23-11-14(15(22-23)16(26)19-9-13-6-5-7-30-13)21-17(27)18(2,3)24-10-12(8-20-24)25(28)29/h5-8,10-11H,4,9H2,1-3H3,(H,19,26)(H,21,27). The summed E-state index contributed by atoms with van der Waals surface area (Å²) in [5, 5.41) is 24.4. The molecule has 3 aromatic rings. The van der Waals surface area contributed by atoms with Gasteiger partial charge in [-0.3, -0.25) is 29.1 Å². The van der Waals surface area contributed by atoms with E-state index in [0.717, 1.165) is 6.20 Å². The number of anilines is 1. The number of nitrogens with zero attached hydrogens (tertiary/aromatic N) is 5. The number of hydrogen-bond donors (Lipinski definition) is 2. The summed E-state index contributed by atoms with van der Waals surface area (Å²) in [5.74, 6) is -0.428. The third kappa shape index (κ3) is 4.21. The predicted molar refractivity (Wildman–Crippen MR) is 105 cm³/mol. The summed E-state index contributed by atoms with van der Waals surface area (Å²) < 4.78 is 7.90. The van der Waals surface area contributed by atoms with Crippen molar-refractivity contribution in [3.63, 3.8) is 0 Å². The topological polar surface area (TPSA) is 150 Å². The lowest BCUT2D eigenvalue weighted by Crippen LogP contribution is -2.41. The molecule has 0 fully saturated rings. The summed E-state index contributed by atoms with van der Waals surface area (Å²) in [7, 11) is 0. The summed E-state index contributed by atoms with van der Waals surface area (Å²) in [5.41, 5.74) is -1.23. The zero-order chi connectivity index (χ0) is 21.9. The minimum Gasteiger partial charge on any atom is -0.467 e. The quantitative estimate of drug-likeness (QED) is 0.421. The highest BCUT2D eigenvalue weighted by Gasteiger charge is 2.33. The molecule has 3 rings (SSSR count). The SMILES string of the molecule is CCn1cc(NC(=O)C(C)(C)n2cc([N+](=O)[O-])cn2)c(C(=O)NCc2ccco2)n1. The lowest BCUT2D eigenvalue weighted by Gasteiger charge is -2.23. The number of nitro groups is 1. The zero-order valence-corrected chi connectivity index (χ0v) is 16.7. The first-order valence-corrected chi connectivity index (χ1v) is 9.11. The van der Waals surface area contributed by atoms with Crippen molar-refractivity contribution >= 4 is 23.2 Å². The summed E-state index contributed by atoms with van der Waals surface area (Å²) >= 11 is 0. The second kappa shape index (κ2) is 8.19. The normalized spacial score (nSPS) is 11.3. The van der Waals surface area contributed by atoms with Gasteiger partial charge in [-0.05, 0) is 32.9 Å². The zero-order valence-electron chi connectivity index (χ0n) is 16.7. The highest BCUT2D eigenvalue weighted by Crippen LogP contribution is 2.22. The van der Waals surface area contributed by atoms with E-state index < -0.39 is 22.3 Å². The van der Waals surface area contributed by atoms with Crippen molar-refractivity contribution in [2.45, 2.75) is 39.4 Å². The molecule has 0 aromatic carbocycles. The Labute approximate surface area is 171 Å². The summed E-state index contributed by atoms with van der Waals surface area (Å²) in [6.45, 7) is 5.61. The van der Waals surface area contributed by atoms with Crippen molar-refractivity contribution < 1.29 is 18.9 Å². The molecule has 2 amide bonds. The fourth-order valence-corrected chi connectivity index (χ4v) is 2.60. The van der Waals surface area contributed by atoms with Gasteiger partial charge in [-0.2, -0.15) is 10.2 Å². The fraction of sp³-hybridized carbons (Fsp3) is 0.333. The van der Waals surface area contributed by atoms with E-state index in [0.29, 0.717) is 12.3 Å². The van der Waals surface area contributed by atoms with Crippen LogP contribution in [0.2, 0.25) is 0 Å². The molecule has 0 radical (unpaired) electrons. The van der Waals surface area contributed by atoms with Crippen molar-refractivity contribution in [1.29, 1.82) is 0 Å². The molecule has 0 aliphatic carbocycles. The van der Waals surface area contributed by atoms with Crippen LogP contribution in [0.4, 0.5) is 11.4 Å². The van der Waals surface area contributed by atoms with Gasteiger partial charge in [0.1, 0.15) is 23.7 Å². The second-order valence-corrected chi connectivity index (χ2v) is 6.92. The number of carbonyl (C=O) groups excluding carboxylic acids is 2. The Balaban J connectivity index is 1.79. The molecule has 0 saturated carbocycles. The molecule has 0 aliphatic heterocycles. The highest BCUT2D eigenvalue weighted by atomic mass is 16.6. The van der Waals surface area contributed by atoms with Crippen molar-refractivity contribution in [2.75, 3.05) is 5.32 Å². The van der Waals surface area contributed by atoms with Crippen LogP contribution in [0.3, 0.4) is 0 Å². The van der Waals surface area contributed by atoms with Gasteiger partial charge in [-0.25, -0.2) is 0 Å². The number of nitrogens with one attached hydrogen (secondary N) is 2. The number of hydrogen-bond acceptors (Lipinski definition) is 7. The molecule has 12 nitrogen and oxygen atoms in total. The largest absolute Gasteiger partial charge is 0.467 e. The van der Waals surface area contributed by atoms with Gasteiger partial charge in [-0.1, -0.05) is 0 Å². The van der Waals surface area contributed by atoms with E-state index in [1.54, 1.807) is 32.2 Å². The van der Waals surface area contributed by atoms with E-state index in [4.69, 9.17) is 4.42 Å². The van der Waals surface area contributed by atoms with Crippen molar-refractivity contribution in [3.8, 4) is 0 Å². The first kappa shape index (κ1) is 20.8. The monoisotopic (exact) mass is 415 g/mol. The molecular weight excluding hydrogens is 394 g/mol. The van der Waals surface area contributed by atoms with E-state index in [9.17, 15) is 19.7 Å². The Kier molecular flexibility index (Phi) is 5.67. The second-order valence-electron chi connectivity index (χ2n) is 6.92. The third-order valence-corrected chi connectivity index (χ3v) is 4.46. The first-order valence-electron chi connectivity index (χ1n) is 9.11. The van der Waals surface area contributed by atoms with Crippen LogP contribution in [0.5, 0.6) is 0 Å². The number of aromatic nitrogens is 4. The van der Waals surface area contributed by atoms with E-state index >= 15 is 0 Å². The molecule has 30 heavy (non-hydrogen) atoms. The van der Waals surface area contributed by atoms with Crippen LogP contribution in [-0.4, -0.2) is 36.3 Å². The van der Waals surface area contributed by atoms with Gasteiger partial charge in [0.15, 0.2) is 5.69 Å². The minimum absolute atomic E-state index is 0.0407. The Morgan fingerprint density at radius 2 is 2.10 bits per heavy atom. The average molecular weight is 415 g/mol. The molecule has 0 aliphatic rings. The maximum Gasteiger partial charge on any atom is 0.307 e. The van der Waals surface area contributed by atoms with E-state index in [1.165, 1.54) is 21.8 Å². The molecule has 12 heteroatoms. The van der Waals surface area contributed by atoms with Crippen LogP contribution < -0.4 is 10.6 Å². The van der Waals surface area contributed by atoms with E-state index in [2.05, 4.69) is 20.8 Å². The minimum atomic E-state index is -1.26. The maximum absolute atomic E-state index is 12.9. The van der Waals surface area contributed by atoms with Crippen LogP contribution in [0.15, 0.2) is 41.4 Å². The fourth-order valence-electron chi connectivity index (χ4n) is 2.60. The lowest BCUT2D eigenvalue weighted by atomic mass is 10.0. The molecule has 158 valence electrons. The first-order chi connectivity index (χ1) is 14.2. The Morgan fingerprint density at radius 3 is 2.70 bits per heavy atom. The summed E-state index contributed by atoms with van der Waals surface area (Å²) in [6.07, 6.45) is 5.28. The Morgan fingerprint density at radius 1 is 1.33 bits per heavy atom. The highest BCUT2D eigenvalue weighted by molar-refractivity contribution is 6.03. The molecule has 0 saturated heterocycles. The molecular formula is C18H21N7O5. The van der Waals surface area contributed by atoms with Crippen LogP contribution in [0, 0.1) is 10.1 Å². The smallest absolute Gasteiger partial charge is 0.307 e. The van der Waals surface area contributed by atoms with Crippen LogP contribution in [0.1, 0.15) is 37.0 Å². The van der Waals surface area contributed by atoms with Gasteiger partial charge in [0.25, 0.3) is 11.8 Å². The maximum atomic E-state index is 12.9. The number of furan rings is 1. The Bertz CT molecular complexity index is 1060. The van der Waals surface area contributed by atoms with Gasteiger partial charge >= 0.3 is 5.69 Å². The van der Waals surface area contributed by atoms with Crippen LogP contribution in [-0.2, 0) is 23.4 Å². The van der Waals surface area contributed by atoms with Gasteiger partial charge in [0.05, 0.1) is 23.4 Å². The lowest BCUT2D eigenvalue weighted by molar-refractivity contribution is -0.385. The predicted octanol–water partition coefficient (Wildman–Crippen LogP) is 1.90. The van der Waals surface area contributed by atoms with Crippen LogP contribution in [0.25, 0.3) is 0 Å². The van der Waals surface area contributed by atoms with E-state index in [1.807, 2.05) is 6.92 Å². The van der Waals surface area contributed by atoms with Gasteiger partial charge in [0.2, 0.25) is 0 Å². The molecule has 3 heterocycles. The van der Waals surface area contributed by atoms with Gasteiger partial charge in [-0.15, -0.1) is 0 Å². The molecule has 0 bridgehead atoms. The van der Waals surface area contributed by atoms with Gasteiger partial charge in [0, 0.05) is 12.7 Å². The third-order valence-electron chi connectivity index (χ3n) is 4.46. The van der Waals surface area contributed by atoms with E-state index in [-0.39, 0.29) is 23.6 Å².